The Morgan fingerprint density at radius 1 is 0.667 bits per heavy atom. The molecule has 76 valence electrons. The minimum absolute atomic E-state index is 0. The van der Waals surface area contributed by atoms with E-state index in [-0.39, 0.29) is 62.0 Å². The molecule has 1 rings (SSSR count). The number of rotatable bonds is 0. The van der Waals surface area contributed by atoms with Gasteiger partial charge in [-0.2, -0.15) is 0 Å². The molecule has 1 aromatic rings. The molecule has 0 aliphatic rings. The van der Waals surface area contributed by atoms with Crippen molar-refractivity contribution in [3.05, 3.63) is 30.3 Å². The highest BCUT2D eigenvalue weighted by Gasteiger charge is 1.74. The van der Waals surface area contributed by atoms with Crippen LogP contribution in [0, 0.1) is 0 Å². The standard InChI is InChI=1S/C6H6O.5ClH/c7-6-4-2-1-3-5-6;;;;;/h1-5,7H;5*1H. The van der Waals surface area contributed by atoms with Crippen LogP contribution in [0.1, 0.15) is 0 Å². The van der Waals surface area contributed by atoms with Gasteiger partial charge in [0.05, 0.1) is 0 Å². The van der Waals surface area contributed by atoms with Crippen molar-refractivity contribution in [2.75, 3.05) is 0 Å². The lowest BCUT2D eigenvalue weighted by Gasteiger charge is -1.82. The second kappa shape index (κ2) is 17.5. The van der Waals surface area contributed by atoms with Crippen molar-refractivity contribution in [3.8, 4) is 5.75 Å². The van der Waals surface area contributed by atoms with E-state index in [1.165, 1.54) is 0 Å². The lowest BCUT2D eigenvalue weighted by molar-refractivity contribution is 0.475. The van der Waals surface area contributed by atoms with Gasteiger partial charge >= 0.3 is 0 Å². The Morgan fingerprint density at radius 3 is 1.17 bits per heavy atom. The molecule has 0 aliphatic carbocycles. The average Bonchev–Trinajstić information content (AvgIpc) is 1.69. The SMILES string of the molecule is Cl.Cl.Cl.Cl.Cl.Oc1ccccc1. The third kappa shape index (κ3) is 13.1. The lowest BCUT2D eigenvalue weighted by atomic mass is 10.3. The molecule has 1 nitrogen and oxygen atoms in total. The van der Waals surface area contributed by atoms with Crippen LogP contribution in [0.5, 0.6) is 5.75 Å². The van der Waals surface area contributed by atoms with Crippen LogP contribution in [0.3, 0.4) is 0 Å². The van der Waals surface area contributed by atoms with Crippen LogP contribution in [0.2, 0.25) is 0 Å². The topological polar surface area (TPSA) is 20.2 Å². The van der Waals surface area contributed by atoms with Crippen molar-refractivity contribution in [2.24, 2.45) is 0 Å². The second-order valence-electron chi connectivity index (χ2n) is 1.34. The Labute approximate surface area is 103 Å². The predicted octanol–water partition coefficient (Wildman–Crippen LogP) is 3.50. The van der Waals surface area contributed by atoms with Crippen molar-refractivity contribution in [3.63, 3.8) is 0 Å². The number of para-hydroxylation sites is 1. The molecule has 0 bridgehead atoms. The van der Waals surface area contributed by atoms with E-state index in [9.17, 15) is 0 Å². The van der Waals surface area contributed by atoms with E-state index in [1.54, 1.807) is 24.3 Å². The Hall–Kier alpha value is 0.470. The van der Waals surface area contributed by atoms with E-state index in [2.05, 4.69) is 0 Å². The molecule has 0 saturated heterocycles. The average molecular weight is 276 g/mol. The van der Waals surface area contributed by atoms with E-state index < -0.39 is 0 Å². The molecule has 0 fully saturated rings. The fraction of sp³-hybridized carbons (Fsp3) is 0. The summed E-state index contributed by atoms with van der Waals surface area (Å²) >= 11 is 0. The molecule has 0 spiro atoms. The van der Waals surface area contributed by atoms with Crippen LogP contribution >= 0.6 is 62.0 Å². The van der Waals surface area contributed by atoms with Crippen molar-refractivity contribution in [1.82, 2.24) is 0 Å². The van der Waals surface area contributed by atoms with Crippen LogP contribution in [-0.4, -0.2) is 5.11 Å². The summed E-state index contributed by atoms with van der Waals surface area (Å²) in [5.41, 5.74) is 0. The Balaban J connectivity index is -0.0000000327. The highest BCUT2D eigenvalue weighted by atomic mass is 35.5. The first kappa shape index (κ1) is 29.4. The summed E-state index contributed by atoms with van der Waals surface area (Å²) in [4.78, 5) is 0. The maximum absolute atomic E-state index is 8.63. The summed E-state index contributed by atoms with van der Waals surface area (Å²) in [6.07, 6.45) is 0. The summed E-state index contributed by atoms with van der Waals surface area (Å²) in [5, 5.41) is 8.63. The van der Waals surface area contributed by atoms with E-state index in [1.807, 2.05) is 6.07 Å². The normalized spacial score (nSPS) is 5.00. The fourth-order valence-corrected chi connectivity index (χ4v) is 0.428. The zero-order chi connectivity index (χ0) is 5.11. The second-order valence-corrected chi connectivity index (χ2v) is 1.34. The molecule has 0 amide bonds. The van der Waals surface area contributed by atoms with Crippen LogP contribution in [-0.2, 0) is 0 Å². The van der Waals surface area contributed by atoms with Gasteiger partial charge in [-0.15, -0.1) is 62.0 Å². The van der Waals surface area contributed by atoms with Gasteiger partial charge in [-0.3, -0.25) is 0 Å². The summed E-state index contributed by atoms with van der Waals surface area (Å²) in [7, 11) is 0. The van der Waals surface area contributed by atoms with E-state index in [4.69, 9.17) is 5.11 Å². The van der Waals surface area contributed by atoms with Crippen LogP contribution in [0.15, 0.2) is 30.3 Å². The minimum atomic E-state index is 0. The first-order chi connectivity index (χ1) is 3.39. The smallest absolute Gasteiger partial charge is 0.115 e. The summed E-state index contributed by atoms with van der Waals surface area (Å²) in [6, 6.07) is 8.71. The number of phenolic OH excluding ortho intramolecular Hbond substituents is 1. The van der Waals surface area contributed by atoms with E-state index in [0.29, 0.717) is 5.75 Å². The monoisotopic (exact) mass is 274 g/mol. The first-order valence-corrected chi connectivity index (χ1v) is 2.13. The van der Waals surface area contributed by atoms with Gasteiger partial charge in [0.15, 0.2) is 0 Å². The number of benzene rings is 1. The number of halogens is 5. The number of hydrogen-bond donors (Lipinski definition) is 1. The molecule has 0 aliphatic heterocycles. The summed E-state index contributed by atoms with van der Waals surface area (Å²) in [5.74, 6) is 0.322. The van der Waals surface area contributed by atoms with Crippen molar-refractivity contribution in [1.29, 1.82) is 0 Å². The van der Waals surface area contributed by atoms with Gasteiger partial charge in [-0.05, 0) is 12.1 Å². The van der Waals surface area contributed by atoms with Gasteiger partial charge in [-0.1, -0.05) is 18.2 Å². The van der Waals surface area contributed by atoms with Crippen molar-refractivity contribution >= 4 is 62.0 Å². The number of aromatic hydroxyl groups is 1. The molecule has 0 radical (unpaired) electrons. The Morgan fingerprint density at radius 2 is 1.00 bits per heavy atom. The van der Waals surface area contributed by atoms with Gasteiger partial charge in [0.2, 0.25) is 0 Å². The number of phenols is 1. The quantitative estimate of drug-likeness (QED) is 0.769. The highest BCUT2D eigenvalue weighted by Crippen LogP contribution is 2.02. The van der Waals surface area contributed by atoms with Crippen LogP contribution in [0.4, 0.5) is 0 Å². The van der Waals surface area contributed by atoms with Crippen molar-refractivity contribution < 1.29 is 5.11 Å². The van der Waals surface area contributed by atoms with Gasteiger partial charge in [0, 0.05) is 0 Å². The highest BCUT2D eigenvalue weighted by molar-refractivity contribution is 5.86. The first-order valence-electron chi connectivity index (χ1n) is 2.13. The van der Waals surface area contributed by atoms with Crippen LogP contribution < -0.4 is 0 Å². The summed E-state index contributed by atoms with van der Waals surface area (Å²) < 4.78 is 0. The molecule has 0 heterocycles. The zero-order valence-corrected chi connectivity index (χ0v) is 9.96. The molecule has 6 heteroatoms. The van der Waals surface area contributed by atoms with Crippen LogP contribution in [0.25, 0.3) is 0 Å². The van der Waals surface area contributed by atoms with Crippen molar-refractivity contribution in [2.45, 2.75) is 0 Å². The van der Waals surface area contributed by atoms with Gasteiger partial charge in [0.25, 0.3) is 0 Å². The maximum atomic E-state index is 8.63. The maximum Gasteiger partial charge on any atom is 0.115 e. The fourth-order valence-electron chi connectivity index (χ4n) is 0.428. The third-order valence-electron chi connectivity index (χ3n) is 0.756. The van der Waals surface area contributed by atoms with Gasteiger partial charge < -0.3 is 5.11 Å². The van der Waals surface area contributed by atoms with E-state index >= 15 is 0 Å². The predicted molar refractivity (Wildman–Crippen MR) is 64.3 cm³/mol. The largest absolute Gasteiger partial charge is 0.508 e. The molecular weight excluding hydrogens is 265 g/mol. The summed E-state index contributed by atoms with van der Waals surface area (Å²) in [6.45, 7) is 0. The Bertz CT molecular complexity index is 146. The molecular formula is C6H11Cl5O. The van der Waals surface area contributed by atoms with Gasteiger partial charge in [0.1, 0.15) is 5.75 Å². The minimum Gasteiger partial charge on any atom is -0.508 e. The lowest BCUT2D eigenvalue weighted by Crippen LogP contribution is -1.56. The number of hydrogen-bond acceptors (Lipinski definition) is 1. The molecule has 1 N–H and O–H groups in total. The van der Waals surface area contributed by atoms with E-state index in [0.717, 1.165) is 0 Å². The molecule has 0 aromatic heterocycles. The Kier molecular flexibility index (Phi) is 42.9. The molecule has 0 unspecified atom stereocenters. The molecule has 1 aromatic carbocycles. The third-order valence-corrected chi connectivity index (χ3v) is 0.756. The van der Waals surface area contributed by atoms with Gasteiger partial charge in [-0.25, -0.2) is 0 Å². The molecule has 0 saturated carbocycles. The zero-order valence-electron chi connectivity index (χ0n) is 5.88. The molecule has 0 atom stereocenters. The molecule has 12 heavy (non-hydrogen) atoms.